The SMILES string of the molecule is CNC(=O)c1ccc(N2CCC3(CC2)Cc2ccc(OC4CCN(C5CCC5)CC4)cc2C3)cc1. The largest absolute Gasteiger partial charge is 0.490 e. The summed E-state index contributed by atoms with van der Waals surface area (Å²) >= 11 is 0. The number of benzene rings is 2. The van der Waals surface area contributed by atoms with Crippen LogP contribution in [0.2, 0.25) is 0 Å². The van der Waals surface area contributed by atoms with Crippen molar-refractivity contribution in [1.29, 1.82) is 0 Å². The highest BCUT2D eigenvalue weighted by Gasteiger charge is 2.40. The van der Waals surface area contributed by atoms with E-state index < -0.39 is 0 Å². The van der Waals surface area contributed by atoms with Crippen LogP contribution in [0.4, 0.5) is 5.69 Å². The molecule has 0 atom stereocenters. The number of ether oxygens (including phenoxy) is 1. The molecule has 2 aromatic carbocycles. The molecule has 0 radical (unpaired) electrons. The third-order valence-electron chi connectivity index (χ3n) is 9.22. The summed E-state index contributed by atoms with van der Waals surface area (Å²) in [7, 11) is 1.67. The molecule has 5 nitrogen and oxygen atoms in total. The highest BCUT2D eigenvalue weighted by molar-refractivity contribution is 5.94. The molecule has 0 aromatic heterocycles. The van der Waals surface area contributed by atoms with Crippen LogP contribution in [-0.2, 0) is 12.8 Å². The first kappa shape index (κ1) is 22.9. The van der Waals surface area contributed by atoms with E-state index in [1.54, 1.807) is 7.05 Å². The summed E-state index contributed by atoms with van der Waals surface area (Å²) in [4.78, 5) is 17.0. The molecular formula is C30H39N3O2. The van der Waals surface area contributed by atoms with Gasteiger partial charge >= 0.3 is 0 Å². The Kier molecular flexibility index (Phi) is 6.21. The molecule has 35 heavy (non-hydrogen) atoms. The maximum absolute atomic E-state index is 11.8. The normalized spacial score (nSPS) is 22.6. The topological polar surface area (TPSA) is 44.8 Å². The molecule has 2 aliphatic heterocycles. The van der Waals surface area contributed by atoms with Gasteiger partial charge in [0.2, 0.25) is 0 Å². The third-order valence-corrected chi connectivity index (χ3v) is 9.22. The van der Waals surface area contributed by atoms with Gasteiger partial charge in [0, 0.05) is 50.5 Å². The summed E-state index contributed by atoms with van der Waals surface area (Å²) < 4.78 is 6.48. The molecule has 3 fully saturated rings. The number of amides is 1. The van der Waals surface area contributed by atoms with Crippen LogP contribution in [0.25, 0.3) is 0 Å². The van der Waals surface area contributed by atoms with Crippen molar-refractivity contribution in [1.82, 2.24) is 10.2 Å². The summed E-state index contributed by atoms with van der Waals surface area (Å²) in [6.45, 7) is 4.56. The molecule has 2 heterocycles. The first-order chi connectivity index (χ1) is 17.1. The number of nitrogens with one attached hydrogen (secondary N) is 1. The Hall–Kier alpha value is -2.53. The van der Waals surface area contributed by atoms with Crippen molar-refractivity contribution >= 4 is 11.6 Å². The van der Waals surface area contributed by atoms with Crippen LogP contribution in [0.5, 0.6) is 5.75 Å². The van der Waals surface area contributed by atoms with Gasteiger partial charge in [-0.3, -0.25) is 4.79 Å². The lowest BCUT2D eigenvalue weighted by atomic mass is 9.76. The Morgan fingerprint density at radius 2 is 1.63 bits per heavy atom. The molecular weight excluding hydrogens is 434 g/mol. The predicted octanol–water partition coefficient (Wildman–Crippen LogP) is 4.83. The Morgan fingerprint density at radius 3 is 2.29 bits per heavy atom. The fourth-order valence-corrected chi connectivity index (χ4v) is 6.75. The summed E-state index contributed by atoms with van der Waals surface area (Å²) in [5.41, 5.74) is 5.38. The van der Waals surface area contributed by atoms with Crippen molar-refractivity contribution in [3.05, 3.63) is 59.2 Å². The van der Waals surface area contributed by atoms with Gasteiger partial charge in [-0.2, -0.15) is 0 Å². The van der Waals surface area contributed by atoms with Gasteiger partial charge in [0.25, 0.3) is 5.91 Å². The highest BCUT2D eigenvalue weighted by atomic mass is 16.5. The van der Waals surface area contributed by atoms with Gasteiger partial charge in [0.1, 0.15) is 11.9 Å². The van der Waals surface area contributed by atoms with Gasteiger partial charge in [0.15, 0.2) is 0 Å². The van der Waals surface area contributed by atoms with Gasteiger partial charge in [0.05, 0.1) is 0 Å². The average molecular weight is 474 g/mol. The molecule has 1 saturated carbocycles. The van der Waals surface area contributed by atoms with Gasteiger partial charge in [-0.25, -0.2) is 0 Å². The zero-order valence-electron chi connectivity index (χ0n) is 21.1. The van der Waals surface area contributed by atoms with Crippen molar-refractivity contribution < 1.29 is 9.53 Å². The zero-order chi connectivity index (χ0) is 23.8. The molecule has 2 saturated heterocycles. The van der Waals surface area contributed by atoms with Crippen molar-refractivity contribution in [2.24, 2.45) is 5.41 Å². The molecule has 2 aromatic rings. The molecule has 4 aliphatic rings. The molecule has 5 heteroatoms. The Bertz CT molecular complexity index is 1050. The lowest BCUT2D eigenvalue weighted by Gasteiger charge is -2.41. The first-order valence-electron chi connectivity index (χ1n) is 13.7. The number of hydrogen-bond donors (Lipinski definition) is 1. The minimum Gasteiger partial charge on any atom is -0.490 e. The summed E-state index contributed by atoms with van der Waals surface area (Å²) in [6.07, 6.45) is 11.7. The maximum atomic E-state index is 11.8. The zero-order valence-corrected chi connectivity index (χ0v) is 21.1. The number of rotatable bonds is 5. The Balaban J connectivity index is 1.03. The van der Waals surface area contributed by atoms with E-state index in [0.29, 0.717) is 11.5 Å². The van der Waals surface area contributed by atoms with E-state index in [1.165, 1.54) is 74.8 Å². The number of anilines is 1. The van der Waals surface area contributed by atoms with Crippen LogP contribution in [0, 0.1) is 5.41 Å². The molecule has 2 aliphatic carbocycles. The fraction of sp³-hybridized carbons (Fsp3) is 0.567. The average Bonchev–Trinajstić information content (AvgIpc) is 3.21. The number of hydrogen-bond acceptors (Lipinski definition) is 4. The summed E-state index contributed by atoms with van der Waals surface area (Å²) in [5, 5.41) is 2.70. The molecule has 1 N–H and O–H groups in total. The van der Waals surface area contributed by atoms with Crippen LogP contribution in [0.15, 0.2) is 42.5 Å². The quantitative estimate of drug-likeness (QED) is 0.676. The second kappa shape index (κ2) is 9.50. The predicted molar refractivity (Wildman–Crippen MR) is 140 cm³/mol. The maximum Gasteiger partial charge on any atom is 0.251 e. The monoisotopic (exact) mass is 473 g/mol. The lowest BCUT2D eigenvalue weighted by molar-refractivity contribution is 0.0493. The van der Waals surface area contributed by atoms with Crippen molar-refractivity contribution in [2.75, 3.05) is 38.1 Å². The third kappa shape index (κ3) is 4.67. The summed E-state index contributed by atoms with van der Waals surface area (Å²) in [6, 6.07) is 15.8. The Labute approximate surface area is 209 Å². The minimum absolute atomic E-state index is 0.0275. The van der Waals surface area contributed by atoms with Crippen molar-refractivity contribution in [3.63, 3.8) is 0 Å². The molecule has 1 spiro atoms. The van der Waals surface area contributed by atoms with Gasteiger partial charge in [-0.1, -0.05) is 12.5 Å². The van der Waals surface area contributed by atoms with E-state index in [9.17, 15) is 4.79 Å². The number of carbonyl (C=O) groups excluding carboxylic acids is 1. The molecule has 186 valence electrons. The van der Waals surface area contributed by atoms with Crippen LogP contribution in [0.1, 0.15) is 66.4 Å². The van der Waals surface area contributed by atoms with Gasteiger partial charge in [-0.05, 0) is 104 Å². The number of likely N-dealkylation sites (tertiary alicyclic amines) is 1. The number of fused-ring (bicyclic) bond motifs is 1. The standard InChI is InChI=1S/C30H39N3O2/c1-31-29(34)22-5-8-26(9-6-22)33-17-13-30(14-18-33)20-23-7-10-28(19-24(23)21-30)35-27-11-15-32(16-12-27)25-3-2-4-25/h5-10,19,25,27H,2-4,11-18,20-21H2,1H3,(H,31,34). The van der Waals surface area contributed by atoms with Crippen LogP contribution >= 0.6 is 0 Å². The van der Waals surface area contributed by atoms with Gasteiger partial charge < -0.3 is 19.9 Å². The van der Waals surface area contributed by atoms with Crippen LogP contribution in [0.3, 0.4) is 0 Å². The minimum atomic E-state index is -0.0275. The molecule has 6 rings (SSSR count). The van der Waals surface area contributed by atoms with E-state index >= 15 is 0 Å². The molecule has 1 amide bonds. The number of carbonyl (C=O) groups is 1. The number of piperidine rings is 2. The van der Waals surface area contributed by atoms with E-state index in [0.717, 1.165) is 43.3 Å². The molecule has 0 bridgehead atoms. The first-order valence-corrected chi connectivity index (χ1v) is 13.7. The van der Waals surface area contributed by atoms with Gasteiger partial charge in [-0.15, -0.1) is 0 Å². The number of nitrogens with zero attached hydrogens (tertiary/aromatic N) is 2. The van der Waals surface area contributed by atoms with E-state index in [2.05, 4.69) is 45.4 Å². The van der Waals surface area contributed by atoms with E-state index in [-0.39, 0.29) is 5.91 Å². The second-order valence-corrected chi connectivity index (χ2v) is 11.3. The van der Waals surface area contributed by atoms with Crippen molar-refractivity contribution in [3.8, 4) is 5.75 Å². The van der Waals surface area contributed by atoms with Crippen molar-refractivity contribution in [2.45, 2.75) is 69.9 Å². The second-order valence-electron chi connectivity index (χ2n) is 11.3. The smallest absolute Gasteiger partial charge is 0.251 e. The molecule has 0 unspecified atom stereocenters. The van der Waals surface area contributed by atoms with E-state index in [4.69, 9.17) is 4.74 Å². The fourth-order valence-electron chi connectivity index (χ4n) is 6.75. The Morgan fingerprint density at radius 1 is 0.914 bits per heavy atom. The highest BCUT2D eigenvalue weighted by Crippen LogP contribution is 2.46. The lowest BCUT2D eigenvalue weighted by Crippen LogP contribution is -2.46. The van der Waals surface area contributed by atoms with Crippen LogP contribution in [-0.4, -0.2) is 56.2 Å². The van der Waals surface area contributed by atoms with Crippen LogP contribution < -0.4 is 15.0 Å². The van der Waals surface area contributed by atoms with E-state index in [1.807, 2.05) is 12.1 Å². The summed E-state index contributed by atoms with van der Waals surface area (Å²) in [5.74, 6) is 1.05.